The molecule has 1 aliphatic rings. The van der Waals surface area contributed by atoms with Crippen LogP contribution in [0.15, 0.2) is 137 Å². The lowest BCUT2D eigenvalue weighted by Gasteiger charge is -2.37. The van der Waals surface area contributed by atoms with Crippen molar-refractivity contribution in [2.75, 3.05) is 13.7 Å². The highest BCUT2D eigenvalue weighted by molar-refractivity contribution is 5.89. The Morgan fingerprint density at radius 1 is 0.826 bits per heavy atom. The van der Waals surface area contributed by atoms with Crippen LogP contribution >= 0.6 is 0 Å². The number of nitrogens with zero attached hydrogens (tertiary/aromatic N) is 1. The van der Waals surface area contributed by atoms with Crippen molar-refractivity contribution >= 4 is 5.97 Å². The number of nitrogens with one attached hydrogen (secondary N) is 1. The molecular formula is C36H32N2O8. The first-order chi connectivity index (χ1) is 22.4. The second-order valence-electron chi connectivity index (χ2n) is 10.8. The molecule has 5 aromatic rings. The lowest BCUT2D eigenvalue weighted by Crippen LogP contribution is -2.41. The third-order valence-corrected chi connectivity index (χ3v) is 8.01. The number of aliphatic hydroxyl groups is 1. The van der Waals surface area contributed by atoms with Gasteiger partial charge in [0, 0.05) is 12.3 Å². The van der Waals surface area contributed by atoms with Crippen LogP contribution < -0.4 is 16.0 Å². The Bertz CT molecular complexity index is 1840. The number of esters is 1. The van der Waals surface area contributed by atoms with E-state index in [1.54, 1.807) is 37.4 Å². The molecule has 2 heterocycles. The van der Waals surface area contributed by atoms with Crippen LogP contribution in [0.4, 0.5) is 0 Å². The minimum absolute atomic E-state index is 0.176. The topological polar surface area (TPSA) is 129 Å². The summed E-state index contributed by atoms with van der Waals surface area (Å²) in [7, 11) is 1.59. The number of aromatic nitrogens is 2. The number of ether oxygens (including phenoxy) is 4. The van der Waals surface area contributed by atoms with Gasteiger partial charge in [-0.05, 0) is 41.0 Å². The van der Waals surface area contributed by atoms with Crippen LogP contribution in [0.1, 0.15) is 33.3 Å². The maximum absolute atomic E-state index is 13.1. The van der Waals surface area contributed by atoms with Gasteiger partial charge in [-0.3, -0.25) is 14.3 Å². The minimum atomic E-state index is -1.41. The van der Waals surface area contributed by atoms with Gasteiger partial charge in [0.1, 0.15) is 23.6 Å². The molecule has 10 heteroatoms. The number of benzene rings is 4. The zero-order valence-corrected chi connectivity index (χ0v) is 24.9. The molecule has 6 rings (SSSR count). The van der Waals surface area contributed by atoms with Crippen LogP contribution in [-0.2, 0) is 19.8 Å². The lowest BCUT2D eigenvalue weighted by molar-refractivity contribution is -0.0962. The third-order valence-electron chi connectivity index (χ3n) is 8.01. The average Bonchev–Trinajstić information content (AvgIpc) is 3.40. The van der Waals surface area contributed by atoms with Crippen LogP contribution in [-0.4, -0.2) is 52.7 Å². The van der Waals surface area contributed by atoms with Crippen LogP contribution in [0.5, 0.6) is 5.75 Å². The largest absolute Gasteiger partial charge is 0.497 e. The van der Waals surface area contributed by atoms with Crippen LogP contribution in [0, 0.1) is 0 Å². The van der Waals surface area contributed by atoms with Gasteiger partial charge in [-0.2, -0.15) is 0 Å². The molecule has 1 fully saturated rings. The smallest absolute Gasteiger partial charge is 0.338 e. The quantitative estimate of drug-likeness (QED) is 0.177. The van der Waals surface area contributed by atoms with Crippen LogP contribution in [0.25, 0.3) is 0 Å². The van der Waals surface area contributed by atoms with Crippen molar-refractivity contribution in [2.45, 2.75) is 30.1 Å². The monoisotopic (exact) mass is 620 g/mol. The van der Waals surface area contributed by atoms with E-state index < -0.39 is 47.4 Å². The fraction of sp³-hybridized carbons (Fsp3) is 0.194. The van der Waals surface area contributed by atoms with Gasteiger partial charge in [-0.1, -0.05) is 91.0 Å². The summed E-state index contributed by atoms with van der Waals surface area (Å²) >= 11 is 0. The summed E-state index contributed by atoms with van der Waals surface area (Å²) in [6.45, 7) is -0.176. The molecular weight excluding hydrogens is 588 g/mol. The highest BCUT2D eigenvalue weighted by Gasteiger charge is 2.49. The van der Waals surface area contributed by atoms with Crippen molar-refractivity contribution < 1.29 is 28.8 Å². The van der Waals surface area contributed by atoms with Gasteiger partial charge in [-0.15, -0.1) is 0 Å². The number of methoxy groups -OCH3 is 1. The lowest BCUT2D eigenvalue weighted by atomic mass is 9.80. The van der Waals surface area contributed by atoms with E-state index in [1.165, 1.54) is 6.20 Å². The molecule has 4 aromatic carbocycles. The number of carbonyl (C=O) groups is 1. The molecule has 0 spiro atoms. The number of hydrogen-bond acceptors (Lipinski definition) is 8. The Labute approximate surface area is 264 Å². The molecule has 1 aliphatic heterocycles. The Morgan fingerprint density at radius 2 is 1.39 bits per heavy atom. The number of aromatic amines is 1. The van der Waals surface area contributed by atoms with Gasteiger partial charge < -0.3 is 24.1 Å². The Kier molecular flexibility index (Phi) is 8.93. The van der Waals surface area contributed by atoms with Crippen molar-refractivity contribution in [2.24, 2.45) is 0 Å². The van der Waals surface area contributed by atoms with Crippen molar-refractivity contribution in [3.8, 4) is 5.75 Å². The normalized spacial score (nSPS) is 19.4. The predicted molar refractivity (Wildman–Crippen MR) is 169 cm³/mol. The fourth-order valence-electron chi connectivity index (χ4n) is 5.73. The van der Waals surface area contributed by atoms with Gasteiger partial charge in [0.25, 0.3) is 5.56 Å². The number of rotatable bonds is 10. The number of carbonyl (C=O) groups excluding carboxylic acids is 1. The van der Waals surface area contributed by atoms with Crippen molar-refractivity contribution in [3.63, 3.8) is 0 Å². The molecule has 1 saturated heterocycles. The third kappa shape index (κ3) is 6.01. The van der Waals surface area contributed by atoms with E-state index in [0.717, 1.165) is 27.3 Å². The summed E-state index contributed by atoms with van der Waals surface area (Å²) in [6.07, 6.45) is -3.79. The molecule has 4 atom stereocenters. The van der Waals surface area contributed by atoms with Crippen molar-refractivity contribution in [1.82, 2.24) is 9.55 Å². The van der Waals surface area contributed by atoms with E-state index >= 15 is 0 Å². The molecule has 2 N–H and O–H groups in total. The van der Waals surface area contributed by atoms with E-state index in [-0.39, 0.29) is 12.2 Å². The molecule has 0 saturated carbocycles. The van der Waals surface area contributed by atoms with E-state index in [2.05, 4.69) is 4.98 Å². The number of H-pyrrole nitrogens is 1. The molecule has 46 heavy (non-hydrogen) atoms. The Morgan fingerprint density at radius 3 is 1.96 bits per heavy atom. The average molecular weight is 621 g/mol. The summed E-state index contributed by atoms with van der Waals surface area (Å²) in [4.78, 5) is 40.0. The van der Waals surface area contributed by atoms with Gasteiger partial charge in [0.05, 0.1) is 19.3 Å². The van der Waals surface area contributed by atoms with Crippen molar-refractivity contribution in [3.05, 3.63) is 171 Å². The summed E-state index contributed by atoms with van der Waals surface area (Å²) in [6, 6.07) is 36.3. The van der Waals surface area contributed by atoms with Gasteiger partial charge in [-0.25, -0.2) is 9.59 Å². The molecule has 0 radical (unpaired) electrons. The van der Waals surface area contributed by atoms with Crippen LogP contribution in [0.3, 0.4) is 0 Å². The maximum Gasteiger partial charge on any atom is 0.338 e. The van der Waals surface area contributed by atoms with Gasteiger partial charge in [0.2, 0.25) is 0 Å². The fourth-order valence-corrected chi connectivity index (χ4v) is 5.73. The molecule has 0 aliphatic carbocycles. The second kappa shape index (κ2) is 13.4. The van der Waals surface area contributed by atoms with Crippen molar-refractivity contribution in [1.29, 1.82) is 0 Å². The number of aliphatic hydroxyl groups excluding tert-OH is 1. The molecule has 1 aromatic heterocycles. The summed E-state index contributed by atoms with van der Waals surface area (Å²) in [5.41, 5.74) is 0.132. The summed E-state index contributed by atoms with van der Waals surface area (Å²) in [5, 5.41) is 11.6. The first-order valence-electron chi connectivity index (χ1n) is 14.7. The van der Waals surface area contributed by atoms with E-state index in [0.29, 0.717) is 5.75 Å². The highest BCUT2D eigenvalue weighted by atomic mass is 16.6. The maximum atomic E-state index is 13.1. The van der Waals surface area contributed by atoms with E-state index in [9.17, 15) is 19.5 Å². The van der Waals surface area contributed by atoms with Gasteiger partial charge in [0.15, 0.2) is 12.3 Å². The molecule has 0 amide bonds. The zero-order chi connectivity index (χ0) is 32.1. The Balaban J connectivity index is 1.39. The highest BCUT2D eigenvalue weighted by Crippen LogP contribution is 2.42. The van der Waals surface area contributed by atoms with E-state index in [4.69, 9.17) is 18.9 Å². The molecule has 0 bridgehead atoms. The molecule has 4 unspecified atom stereocenters. The standard InChI is InChI=1S/C36H32N2O8/c1-43-28-19-17-27(18-20-28)36(25-13-7-3-8-14-25,26-15-9-4-10-16-26)44-23-29-31(40)32(46-34(41)24-11-5-2-6-12-24)33(45-29)38-22-21-30(39)37-35(38)42/h2-22,29,31-33,40H,23H2,1H3,(H,37,39,42). The SMILES string of the molecule is COc1ccc(C(OCC2OC(n3ccc(=O)[nH]c3=O)C(OC(=O)c3ccccc3)C2O)(c2ccccc2)c2ccccc2)cc1. The van der Waals surface area contributed by atoms with E-state index in [1.807, 2.05) is 84.9 Å². The number of hydrogen-bond donors (Lipinski definition) is 2. The van der Waals surface area contributed by atoms with Crippen LogP contribution in [0.2, 0.25) is 0 Å². The summed E-state index contributed by atoms with van der Waals surface area (Å²) < 4.78 is 25.4. The predicted octanol–water partition coefficient (Wildman–Crippen LogP) is 4.04. The van der Waals surface area contributed by atoms with Gasteiger partial charge >= 0.3 is 11.7 Å². The first kappa shape index (κ1) is 30.7. The molecule has 234 valence electrons. The Hall–Kier alpha value is -5.29. The summed E-state index contributed by atoms with van der Waals surface area (Å²) in [5.74, 6) is -0.0379. The minimum Gasteiger partial charge on any atom is -0.497 e. The zero-order valence-electron chi connectivity index (χ0n) is 24.9. The second-order valence-corrected chi connectivity index (χ2v) is 10.8. The molecule has 10 nitrogen and oxygen atoms in total. The first-order valence-corrected chi connectivity index (χ1v) is 14.7.